The van der Waals surface area contributed by atoms with Gasteiger partial charge in [0.05, 0.1) is 42.3 Å². The van der Waals surface area contributed by atoms with Crippen molar-refractivity contribution in [2.45, 2.75) is 12.5 Å². The van der Waals surface area contributed by atoms with Gasteiger partial charge in [-0.15, -0.1) is 0 Å². The molecule has 1 aromatic heterocycles. The average molecular weight is 571 g/mol. The minimum absolute atomic E-state index is 0.0354. The fraction of sp³-hybridized carbons (Fsp3) is 0.281. The van der Waals surface area contributed by atoms with E-state index in [0.717, 1.165) is 18.5 Å². The van der Waals surface area contributed by atoms with E-state index in [1.165, 1.54) is 7.11 Å². The lowest BCUT2D eigenvalue weighted by atomic mass is 10.0. The van der Waals surface area contributed by atoms with Crippen LogP contribution in [0.2, 0.25) is 0 Å². The molecule has 0 bridgehead atoms. The number of aromatic nitrogens is 1. The summed E-state index contributed by atoms with van der Waals surface area (Å²) in [5.74, 6) is 0.155. The van der Waals surface area contributed by atoms with Gasteiger partial charge in [0.15, 0.2) is 5.88 Å². The van der Waals surface area contributed by atoms with Crippen LogP contribution >= 0.6 is 0 Å². The predicted molar refractivity (Wildman–Crippen MR) is 160 cm³/mol. The number of amides is 1. The first-order valence-corrected chi connectivity index (χ1v) is 13.7. The van der Waals surface area contributed by atoms with Gasteiger partial charge in [0.25, 0.3) is 5.91 Å². The monoisotopic (exact) mass is 570 g/mol. The second-order valence-electron chi connectivity index (χ2n) is 10.3. The van der Waals surface area contributed by atoms with E-state index in [1.807, 2.05) is 49.3 Å². The molecule has 1 fully saturated rings. The number of methoxy groups -OCH3 is 1. The highest BCUT2D eigenvalue weighted by Gasteiger charge is 2.27. The van der Waals surface area contributed by atoms with Crippen molar-refractivity contribution >= 4 is 34.4 Å². The second kappa shape index (κ2) is 12.9. The maximum absolute atomic E-state index is 13.2. The molecule has 3 aromatic carbocycles. The number of aliphatic imine (C=N–C) groups is 1. The Bertz CT molecular complexity index is 1580. The molecule has 1 unspecified atom stereocenters. The number of nitrogens with one attached hydrogen (secondary N) is 1. The molecule has 1 amide bonds. The molecule has 2 heterocycles. The van der Waals surface area contributed by atoms with Crippen molar-refractivity contribution in [3.63, 3.8) is 0 Å². The lowest BCUT2D eigenvalue weighted by Crippen LogP contribution is -2.30. The summed E-state index contributed by atoms with van der Waals surface area (Å²) < 4.78 is 15.6. The molecule has 218 valence electrons. The molecule has 42 heavy (non-hydrogen) atoms. The number of hydrogen-bond acceptors (Lipinski definition) is 8. The molecular weight excluding hydrogens is 536 g/mol. The number of aromatic hydroxyl groups is 1. The van der Waals surface area contributed by atoms with E-state index >= 15 is 0 Å². The predicted octanol–water partition coefficient (Wildman–Crippen LogP) is 4.98. The Balaban J connectivity index is 1.40. The van der Waals surface area contributed by atoms with Gasteiger partial charge < -0.3 is 34.1 Å². The standard InChI is InChI=1S/C32H34N4O6/c1-35(2)17-18-41-25-15-16-36(20-25)31(38)22-9-11-23(12-10-22)33-29(21-7-5-4-6-8-21)28-26-14-13-24(42-32(39)40-3)19-27(26)34-30(28)37/h4-14,19,25,34,37H,15-18,20H2,1-3H3. The van der Waals surface area contributed by atoms with Crippen LogP contribution in [0, 0.1) is 0 Å². The minimum Gasteiger partial charge on any atom is -0.494 e. The second-order valence-corrected chi connectivity index (χ2v) is 10.3. The van der Waals surface area contributed by atoms with Crippen molar-refractivity contribution < 1.29 is 28.9 Å². The van der Waals surface area contributed by atoms with Gasteiger partial charge in [-0.3, -0.25) is 4.79 Å². The topological polar surface area (TPSA) is 117 Å². The highest BCUT2D eigenvalue weighted by atomic mass is 16.7. The van der Waals surface area contributed by atoms with E-state index in [1.54, 1.807) is 42.5 Å². The van der Waals surface area contributed by atoms with Gasteiger partial charge in [-0.05, 0) is 56.9 Å². The van der Waals surface area contributed by atoms with Gasteiger partial charge in [0.2, 0.25) is 0 Å². The zero-order valence-corrected chi connectivity index (χ0v) is 23.9. The summed E-state index contributed by atoms with van der Waals surface area (Å²) in [4.78, 5) is 36.5. The summed E-state index contributed by atoms with van der Waals surface area (Å²) in [5.41, 5.74) is 3.59. The third-order valence-electron chi connectivity index (χ3n) is 7.08. The number of rotatable bonds is 9. The molecule has 1 saturated heterocycles. The number of nitrogens with zero attached hydrogens (tertiary/aromatic N) is 3. The number of H-pyrrole nitrogens is 1. The van der Waals surface area contributed by atoms with Gasteiger partial charge in [0.1, 0.15) is 5.75 Å². The largest absolute Gasteiger partial charge is 0.513 e. The first-order chi connectivity index (χ1) is 20.3. The number of benzene rings is 3. The SMILES string of the molecule is COC(=O)Oc1ccc2c(C(=Nc3ccc(C(=O)N4CCC(OCCN(C)C)C4)cc3)c3ccccc3)c(O)[nH]c2c1. The lowest BCUT2D eigenvalue weighted by Gasteiger charge is -2.17. The average Bonchev–Trinajstić information content (AvgIpc) is 3.59. The van der Waals surface area contributed by atoms with E-state index in [4.69, 9.17) is 14.5 Å². The van der Waals surface area contributed by atoms with Crippen LogP contribution in [0.5, 0.6) is 11.6 Å². The Morgan fingerprint density at radius 2 is 1.81 bits per heavy atom. The van der Waals surface area contributed by atoms with Gasteiger partial charge in [-0.1, -0.05) is 30.3 Å². The minimum atomic E-state index is -0.836. The highest BCUT2D eigenvalue weighted by Crippen LogP contribution is 2.33. The molecule has 1 aliphatic heterocycles. The Kier molecular flexibility index (Phi) is 8.85. The molecule has 10 nitrogen and oxygen atoms in total. The van der Waals surface area contributed by atoms with E-state index in [0.29, 0.717) is 53.1 Å². The zero-order valence-electron chi connectivity index (χ0n) is 23.9. The maximum Gasteiger partial charge on any atom is 0.513 e. The summed E-state index contributed by atoms with van der Waals surface area (Å²) in [6.07, 6.45) is 0.0433. The van der Waals surface area contributed by atoms with Gasteiger partial charge in [-0.2, -0.15) is 0 Å². The lowest BCUT2D eigenvalue weighted by molar-refractivity contribution is 0.0465. The fourth-order valence-electron chi connectivity index (χ4n) is 4.91. The Hall–Kier alpha value is -4.67. The van der Waals surface area contributed by atoms with Gasteiger partial charge in [-0.25, -0.2) is 9.79 Å². The van der Waals surface area contributed by atoms with Crippen molar-refractivity contribution in [2.75, 3.05) is 47.4 Å². The third-order valence-corrected chi connectivity index (χ3v) is 7.08. The summed E-state index contributed by atoms with van der Waals surface area (Å²) in [6, 6.07) is 21.6. The summed E-state index contributed by atoms with van der Waals surface area (Å²) in [7, 11) is 5.25. The van der Waals surface area contributed by atoms with Gasteiger partial charge >= 0.3 is 6.16 Å². The van der Waals surface area contributed by atoms with E-state index in [9.17, 15) is 14.7 Å². The molecule has 0 spiro atoms. The summed E-state index contributed by atoms with van der Waals surface area (Å²) in [6.45, 7) is 2.73. The van der Waals surface area contributed by atoms with Crippen LogP contribution in [-0.2, 0) is 9.47 Å². The molecule has 2 N–H and O–H groups in total. The molecular formula is C32H34N4O6. The van der Waals surface area contributed by atoms with Gasteiger partial charge in [0, 0.05) is 42.2 Å². The van der Waals surface area contributed by atoms with Crippen molar-refractivity contribution in [3.05, 3.63) is 89.5 Å². The molecule has 0 radical (unpaired) electrons. The number of carbonyl (C=O) groups excluding carboxylic acids is 2. The molecule has 1 atom stereocenters. The normalized spacial score (nSPS) is 15.4. The Labute approximate surface area is 244 Å². The summed E-state index contributed by atoms with van der Waals surface area (Å²) >= 11 is 0. The first kappa shape index (κ1) is 28.8. The van der Waals surface area contributed by atoms with Crippen molar-refractivity contribution in [1.82, 2.24) is 14.8 Å². The number of likely N-dealkylation sites (tertiary alicyclic amines) is 1. The number of carbonyl (C=O) groups is 2. The Morgan fingerprint density at radius 3 is 2.52 bits per heavy atom. The van der Waals surface area contributed by atoms with Crippen LogP contribution in [0.3, 0.4) is 0 Å². The van der Waals surface area contributed by atoms with E-state index in [-0.39, 0.29) is 23.6 Å². The molecule has 0 saturated carbocycles. The molecule has 0 aliphatic carbocycles. The molecule has 5 rings (SSSR count). The highest BCUT2D eigenvalue weighted by molar-refractivity contribution is 6.22. The molecule has 10 heteroatoms. The zero-order chi connectivity index (χ0) is 29.6. The Morgan fingerprint density at radius 1 is 1.05 bits per heavy atom. The van der Waals surface area contributed by atoms with E-state index in [2.05, 4.69) is 14.6 Å². The van der Waals surface area contributed by atoms with Crippen LogP contribution in [0.4, 0.5) is 10.5 Å². The van der Waals surface area contributed by atoms with Crippen LogP contribution in [0.15, 0.2) is 77.8 Å². The molecule has 1 aliphatic rings. The third kappa shape index (κ3) is 6.62. The smallest absolute Gasteiger partial charge is 0.494 e. The quantitative estimate of drug-likeness (QED) is 0.166. The number of aromatic amines is 1. The van der Waals surface area contributed by atoms with Crippen molar-refractivity contribution in [3.8, 4) is 11.6 Å². The number of likely N-dealkylation sites (N-methyl/N-ethyl adjacent to an activating group) is 1. The molecule has 4 aromatic rings. The number of ether oxygens (including phenoxy) is 3. The van der Waals surface area contributed by atoms with Crippen LogP contribution in [-0.4, -0.2) is 91.2 Å². The van der Waals surface area contributed by atoms with Crippen LogP contribution in [0.25, 0.3) is 10.9 Å². The van der Waals surface area contributed by atoms with Crippen LogP contribution < -0.4 is 4.74 Å². The van der Waals surface area contributed by atoms with Crippen molar-refractivity contribution in [1.29, 1.82) is 0 Å². The first-order valence-electron chi connectivity index (χ1n) is 13.7. The van der Waals surface area contributed by atoms with E-state index < -0.39 is 6.16 Å². The maximum atomic E-state index is 13.2. The fourth-order valence-corrected chi connectivity index (χ4v) is 4.91. The van der Waals surface area contributed by atoms with Crippen molar-refractivity contribution in [2.24, 2.45) is 4.99 Å². The van der Waals surface area contributed by atoms with Crippen LogP contribution in [0.1, 0.15) is 27.9 Å². The number of hydrogen-bond donors (Lipinski definition) is 2. The summed E-state index contributed by atoms with van der Waals surface area (Å²) in [5, 5.41) is 11.7. The number of fused-ring (bicyclic) bond motifs is 1.